The Morgan fingerprint density at radius 3 is 2.95 bits per heavy atom. The molecule has 2 aromatic rings. The summed E-state index contributed by atoms with van der Waals surface area (Å²) in [6.07, 6.45) is 5.19. The van der Waals surface area contributed by atoms with Crippen LogP contribution in [0.2, 0.25) is 0 Å². The van der Waals surface area contributed by atoms with Gasteiger partial charge in [-0.15, -0.1) is 5.10 Å². The van der Waals surface area contributed by atoms with Crippen LogP contribution in [-0.4, -0.2) is 20.2 Å². The number of rotatable bonds is 3. The molecule has 1 heterocycles. The smallest absolute Gasteiger partial charge is 0.182 e. The minimum absolute atomic E-state index is 0.667. The van der Waals surface area contributed by atoms with Crippen molar-refractivity contribution in [2.45, 2.75) is 39.2 Å². The molecule has 21 heavy (non-hydrogen) atoms. The molecule has 0 bridgehead atoms. The number of anilines is 1. The standard InChI is InChI=1S/C15H20BrN5/c1-10-3-2-4-11(5-10)9-21-15(18-19-20-21)12-6-13(16)8-14(17)7-12/h6-8,10-11H,2-5,9,17H2,1H3. The molecule has 0 saturated heterocycles. The van der Waals surface area contributed by atoms with Gasteiger partial charge in [0.15, 0.2) is 5.82 Å². The van der Waals surface area contributed by atoms with Gasteiger partial charge in [-0.3, -0.25) is 0 Å². The number of hydrogen-bond acceptors (Lipinski definition) is 4. The maximum Gasteiger partial charge on any atom is 0.182 e. The van der Waals surface area contributed by atoms with Crippen LogP contribution in [0.3, 0.4) is 0 Å². The third-order valence-corrected chi connectivity index (χ3v) is 4.64. The molecule has 1 aromatic carbocycles. The van der Waals surface area contributed by atoms with Crippen molar-refractivity contribution < 1.29 is 0 Å². The zero-order valence-electron chi connectivity index (χ0n) is 12.2. The lowest BCUT2D eigenvalue weighted by Crippen LogP contribution is -2.19. The van der Waals surface area contributed by atoms with E-state index in [0.29, 0.717) is 11.6 Å². The fourth-order valence-electron chi connectivity index (χ4n) is 3.25. The lowest BCUT2D eigenvalue weighted by Gasteiger charge is -2.26. The highest BCUT2D eigenvalue weighted by atomic mass is 79.9. The van der Waals surface area contributed by atoms with Crippen molar-refractivity contribution in [3.05, 3.63) is 22.7 Å². The fourth-order valence-corrected chi connectivity index (χ4v) is 3.76. The van der Waals surface area contributed by atoms with E-state index in [1.54, 1.807) is 0 Å². The maximum atomic E-state index is 5.91. The van der Waals surface area contributed by atoms with Crippen LogP contribution in [0.1, 0.15) is 32.6 Å². The second kappa shape index (κ2) is 6.13. The van der Waals surface area contributed by atoms with E-state index in [1.165, 1.54) is 25.7 Å². The molecule has 112 valence electrons. The Labute approximate surface area is 133 Å². The van der Waals surface area contributed by atoms with Gasteiger partial charge < -0.3 is 5.73 Å². The molecule has 1 aliphatic carbocycles. The minimum atomic E-state index is 0.667. The highest BCUT2D eigenvalue weighted by Gasteiger charge is 2.21. The van der Waals surface area contributed by atoms with Crippen molar-refractivity contribution in [2.75, 3.05) is 5.73 Å². The van der Waals surface area contributed by atoms with E-state index >= 15 is 0 Å². The molecule has 5 nitrogen and oxygen atoms in total. The van der Waals surface area contributed by atoms with Crippen LogP contribution in [0.25, 0.3) is 11.4 Å². The van der Waals surface area contributed by atoms with Crippen LogP contribution in [0.5, 0.6) is 0 Å². The zero-order chi connectivity index (χ0) is 14.8. The number of tetrazole rings is 1. The van der Waals surface area contributed by atoms with Gasteiger partial charge in [-0.05, 0) is 53.3 Å². The molecular weight excluding hydrogens is 330 g/mol. The summed E-state index contributed by atoms with van der Waals surface area (Å²) in [5.74, 6) is 2.27. The molecule has 3 rings (SSSR count). The second-order valence-electron chi connectivity index (χ2n) is 6.10. The first-order chi connectivity index (χ1) is 10.1. The van der Waals surface area contributed by atoms with E-state index < -0.39 is 0 Å². The first-order valence-electron chi connectivity index (χ1n) is 7.44. The maximum absolute atomic E-state index is 5.91. The Bertz CT molecular complexity index is 604. The van der Waals surface area contributed by atoms with Crippen molar-refractivity contribution in [2.24, 2.45) is 11.8 Å². The Morgan fingerprint density at radius 2 is 2.19 bits per heavy atom. The normalized spacial score (nSPS) is 22.4. The van der Waals surface area contributed by atoms with Crippen LogP contribution >= 0.6 is 15.9 Å². The van der Waals surface area contributed by atoms with E-state index in [-0.39, 0.29) is 0 Å². The Balaban J connectivity index is 1.83. The summed E-state index contributed by atoms with van der Waals surface area (Å²) in [4.78, 5) is 0. The van der Waals surface area contributed by atoms with E-state index in [4.69, 9.17) is 5.73 Å². The van der Waals surface area contributed by atoms with Gasteiger partial charge in [0.05, 0.1) is 0 Å². The van der Waals surface area contributed by atoms with E-state index in [9.17, 15) is 0 Å². The van der Waals surface area contributed by atoms with Gasteiger partial charge in [-0.25, -0.2) is 4.68 Å². The summed E-state index contributed by atoms with van der Waals surface area (Å²) in [7, 11) is 0. The van der Waals surface area contributed by atoms with Crippen LogP contribution in [0.4, 0.5) is 5.69 Å². The Morgan fingerprint density at radius 1 is 1.33 bits per heavy atom. The van der Waals surface area contributed by atoms with Gasteiger partial charge in [0.25, 0.3) is 0 Å². The predicted molar refractivity (Wildman–Crippen MR) is 86.5 cm³/mol. The predicted octanol–water partition coefficient (Wildman–Crippen LogP) is 3.51. The zero-order valence-corrected chi connectivity index (χ0v) is 13.8. The Hall–Kier alpha value is -1.43. The molecule has 0 radical (unpaired) electrons. The molecule has 2 unspecified atom stereocenters. The van der Waals surface area contributed by atoms with Gasteiger partial charge in [-0.2, -0.15) is 0 Å². The molecule has 1 aliphatic rings. The van der Waals surface area contributed by atoms with Crippen LogP contribution < -0.4 is 5.73 Å². The lowest BCUT2D eigenvalue weighted by molar-refractivity contribution is 0.249. The molecule has 0 spiro atoms. The van der Waals surface area contributed by atoms with E-state index in [0.717, 1.165) is 28.3 Å². The highest BCUT2D eigenvalue weighted by Crippen LogP contribution is 2.31. The third-order valence-electron chi connectivity index (χ3n) is 4.19. The Kier molecular flexibility index (Phi) is 4.24. The van der Waals surface area contributed by atoms with Gasteiger partial charge in [0.1, 0.15) is 0 Å². The number of halogens is 1. The summed E-state index contributed by atoms with van der Waals surface area (Å²) >= 11 is 3.47. The quantitative estimate of drug-likeness (QED) is 0.860. The molecule has 1 aromatic heterocycles. The molecule has 0 amide bonds. The van der Waals surface area contributed by atoms with Crippen molar-refractivity contribution in [1.29, 1.82) is 0 Å². The number of benzene rings is 1. The molecule has 2 atom stereocenters. The number of nitrogen functional groups attached to an aromatic ring is 1. The first-order valence-corrected chi connectivity index (χ1v) is 8.23. The average Bonchev–Trinajstić information content (AvgIpc) is 2.85. The minimum Gasteiger partial charge on any atom is -0.399 e. The SMILES string of the molecule is CC1CCCC(Cn2nnnc2-c2cc(N)cc(Br)c2)C1. The molecule has 1 fully saturated rings. The van der Waals surface area contributed by atoms with E-state index in [1.807, 2.05) is 22.9 Å². The van der Waals surface area contributed by atoms with Crippen molar-refractivity contribution in [1.82, 2.24) is 20.2 Å². The van der Waals surface area contributed by atoms with Crippen LogP contribution in [0, 0.1) is 11.8 Å². The summed E-state index contributed by atoms with van der Waals surface area (Å²) in [5.41, 5.74) is 7.57. The van der Waals surface area contributed by atoms with Crippen molar-refractivity contribution in [3.8, 4) is 11.4 Å². The molecule has 2 N–H and O–H groups in total. The summed E-state index contributed by atoms with van der Waals surface area (Å²) in [6, 6.07) is 5.79. The van der Waals surface area contributed by atoms with Crippen LogP contribution in [0.15, 0.2) is 22.7 Å². The van der Waals surface area contributed by atoms with Crippen molar-refractivity contribution >= 4 is 21.6 Å². The van der Waals surface area contributed by atoms with Gasteiger partial charge in [0.2, 0.25) is 0 Å². The first kappa shape index (κ1) is 14.5. The van der Waals surface area contributed by atoms with Gasteiger partial charge in [-0.1, -0.05) is 35.7 Å². The summed E-state index contributed by atoms with van der Waals surface area (Å²) in [5, 5.41) is 12.2. The molecule has 1 saturated carbocycles. The highest BCUT2D eigenvalue weighted by molar-refractivity contribution is 9.10. The number of nitrogens with two attached hydrogens (primary N) is 1. The van der Waals surface area contributed by atoms with Crippen LogP contribution in [-0.2, 0) is 6.54 Å². The van der Waals surface area contributed by atoms with Gasteiger partial charge in [0, 0.05) is 22.3 Å². The lowest BCUT2D eigenvalue weighted by atomic mass is 9.82. The molecule has 6 heteroatoms. The fraction of sp³-hybridized carbons (Fsp3) is 0.533. The number of nitrogens with zero attached hydrogens (tertiary/aromatic N) is 4. The average molecular weight is 350 g/mol. The number of aromatic nitrogens is 4. The summed E-state index contributed by atoms with van der Waals surface area (Å²) < 4.78 is 2.86. The second-order valence-corrected chi connectivity index (χ2v) is 7.01. The van der Waals surface area contributed by atoms with Gasteiger partial charge >= 0.3 is 0 Å². The topological polar surface area (TPSA) is 69.6 Å². The number of hydrogen-bond donors (Lipinski definition) is 1. The van der Waals surface area contributed by atoms with Crippen molar-refractivity contribution in [3.63, 3.8) is 0 Å². The monoisotopic (exact) mass is 349 g/mol. The molecular formula is C15H20BrN5. The molecule has 0 aliphatic heterocycles. The third kappa shape index (κ3) is 3.43. The largest absolute Gasteiger partial charge is 0.399 e. The summed E-state index contributed by atoms with van der Waals surface area (Å²) in [6.45, 7) is 3.22. The van der Waals surface area contributed by atoms with E-state index in [2.05, 4.69) is 38.4 Å².